The largest absolute Gasteiger partial charge is 0.454 e. The van der Waals surface area contributed by atoms with Crippen molar-refractivity contribution in [1.82, 2.24) is 4.57 Å². The van der Waals surface area contributed by atoms with Crippen LogP contribution in [0.5, 0.6) is 0 Å². The van der Waals surface area contributed by atoms with Crippen LogP contribution in [0.3, 0.4) is 0 Å². The fraction of sp³-hybridized carbons (Fsp3) is 0.0588. The Bertz CT molecular complexity index is 881. The van der Waals surface area contributed by atoms with Crippen LogP contribution in [0.25, 0.3) is 0 Å². The van der Waals surface area contributed by atoms with Crippen molar-refractivity contribution in [2.24, 2.45) is 0 Å². The van der Waals surface area contributed by atoms with Gasteiger partial charge in [-0.1, -0.05) is 17.7 Å². The molecule has 0 radical (unpaired) electrons. The fourth-order valence-electron chi connectivity index (χ4n) is 2.07. The lowest BCUT2D eigenvalue weighted by molar-refractivity contribution is 0.0995. The Morgan fingerprint density at radius 1 is 1.09 bits per heavy atom. The molecule has 1 amide bonds. The first-order chi connectivity index (χ1) is 11.1. The van der Waals surface area contributed by atoms with Crippen molar-refractivity contribution in [3.63, 3.8) is 0 Å². The normalized spacial score (nSPS) is 10.5. The van der Waals surface area contributed by atoms with Crippen molar-refractivity contribution in [3.05, 3.63) is 87.7 Å². The minimum atomic E-state index is -0.362. The number of carbonyl (C=O) groups is 1. The lowest BCUT2D eigenvalue weighted by Crippen LogP contribution is -2.18. The predicted molar refractivity (Wildman–Crippen MR) is 87.9 cm³/mol. The molecule has 0 aliphatic heterocycles. The van der Waals surface area contributed by atoms with Crippen LogP contribution in [0.2, 0.25) is 5.02 Å². The number of pyridine rings is 1. The Morgan fingerprint density at radius 3 is 2.61 bits per heavy atom. The van der Waals surface area contributed by atoms with Gasteiger partial charge in [0.2, 0.25) is 0 Å². The monoisotopic (exact) mass is 328 g/mol. The van der Waals surface area contributed by atoms with Gasteiger partial charge in [-0.05, 0) is 42.5 Å². The van der Waals surface area contributed by atoms with Gasteiger partial charge in [-0.3, -0.25) is 9.59 Å². The van der Waals surface area contributed by atoms with E-state index in [1.807, 2.05) is 0 Å². The number of rotatable bonds is 4. The first kappa shape index (κ1) is 15.1. The summed E-state index contributed by atoms with van der Waals surface area (Å²) < 4.78 is 7.00. The molecule has 23 heavy (non-hydrogen) atoms. The minimum absolute atomic E-state index is 0.129. The average Bonchev–Trinajstić information content (AvgIpc) is 3.01. The van der Waals surface area contributed by atoms with Gasteiger partial charge in [-0.25, -0.2) is 0 Å². The quantitative estimate of drug-likeness (QED) is 0.798. The second kappa shape index (κ2) is 6.54. The van der Waals surface area contributed by atoms with E-state index in [1.54, 1.807) is 54.7 Å². The summed E-state index contributed by atoms with van der Waals surface area (Å²) in [5, 5.41) is 3.31. The van der Waals surface area contributed by atoms with E-state index in [0.29, 0.717) is 16.5 Å². The molecule has 0 saturated heterocycles. The molecule has 3 rings (SSSR count). The first-order valence-corrected chi connectivity index (χ1v) is 7.31. The Balaban J connectivity index is 1.71. The highest BCUT2D eigenvalue weighted by molar-refractivity contribution is 6.30. The fourth-order valence-corrected chi connectivity index (χ4v) is 2.20. The van der Waals surface area contributed by atoms with Gasteiger partial charge in [0, 0.05) is 23.0 Å². The molecule has 2 aromatic heterocycles. The Hall–Kier alpha value is -2.79. The van der Waals surface area contributed by atoms with Gasteiger partial charge < -0.3 is 14.3 Å². The van der Waals surface area contributed by atoms with Gasteiger partial charge in [-0.2, -0.15) is 0 Å². The number of furan rings is 1. The number of nitrogens with one attached hydrogen (secondary N) is 1. The van der Waals surface area contributed by atoms with Crippen molar-refractivity contribution < 1.29 is 9.21 Å². The third-order valence-electron chi connectivity index (χ3n) is 3.21. The summed E-state index contributed by atoms with van der Waals surface area (Å²) in [5.74, 6) is 0.345. The molecule has 0 bridgehead atoms. The van der Waals surface area contributed by atoms with E-state index in [0.717, 1.165) is 0 Å². The molecule has 0 spiro atoms. The average molecular weight is 329 g/mol. The maximum atomic E-state index is 12.1. The molecule has 0 saturated carbocycles. The Labute approximate surface area is 137 Å². The van der Waals surface area contributed by atoms with Gasteiger partial charge in [0.05, 0.1) is 6.54 Å². The third kappa shape index (κ3) is 3.70. The smallest absolute Gasteiger partial charge is 0.291 e. The van der Waals surface area contributed by atoms with Crippen LogP contribution in [0.4, 0.5) is 5.69 Å². The zero-order valence-corrected chi connectivity index (χ0v) is 12.8. The molecule has 0 fully saturated rings. The van der Waals surface area contributed by atoms with Crippen LogP contribution in [0.1, 0.15) is 16.3 Å². The summed E-state index contributed by atoms with van der Waals surface area (Å²) in [6, 6.07) is 14.9. The number of aromatic nitrogens is 1. The second-order valence-corrected chi connectivity index (χ2v) is 5.33. The van der Waals surface area contributed by atoms with E-state index in [1.165, 1.54) is 10.6 Å². The Kier molecular flexibility index (Phi) is 4.30. The maximum Gasteiger partial charge on any atom is 0.291 e. The van der Waals surface area contributed by atoms with Gasteiger partial charge in [0.15, 0.2) is 5.76 Å². The molecule has 116 valence electrons. The maximum absolute atomic E-state index is 12.1. The number of benzene rings is 1. The molecule has 6 heteroatoms. The third-order valence-corrected chi connectivity index (χ3v) is 3.46. The van der Waals surface area contributed by atoms with Crippen LogP contribution in [-0.2, 0) is 6.54 Å². The van der Waals surface area contributed by atoms with E-state index in [-0.39, 0.29) is 23.8 Å². The highest BCUT2D eigenvalue weighted by Crippen LogP contribution is 2.15. The number of amides is 1. The Morgan fingerprint density at radius 2 is 1.87 bits per heavy atom. The number of hydrogen-bond donors (Lipinski definition) is 1. The number of nitrogens with zero attached hydrogens (tertiary/aromatic N) is 1. The van der Waals surface area contributed by atoms with E-state index >= 15 is 0 Å². The number of halogens is 1. The number of carbonyl (C=O) groups excluding carboxylic acids is 1. The van der Waals surface area contributed by atoms with Crippen molar-refractivity contribution in [2.75, 3.05) is 5.32 Å². The summed E-state index contributed by atoms with van der Waals surface area (Å²) >= 11 is 5.80. The molecule has 5 nitrogen and oxygen atoms in total. The number of hydrogen-bond acceptors (Lipinski definition) is 3. The van der Waals surface area contributed by atoms with E-state index in [2.05, 4.69) is 5.32 Å². The van der Waals surface area contributed by atoms with Crippen molar-refractivity contribution >= 4 is 23.2 Å². The topological polar surface area (TPSA) is 64.2 Å². The molecular weight excluding hydrogens is 316 g/mol. The molecule has 3 aromatic rings. The summed E-state index contributed by atoms with van der Waals surface area (Å²) in [6.07, 6.45) is 1.66. The molecule has 0 unspecified atom stereocenters. The summed E-state index contributed by atoms with van der Waals surface area (Å²) in [5.41, 5.74) is 0.493. The van der Waals surface area contributed by atoms with Crippen LogP contribution in [0.15, 0.2) is 70.0 Å². The van der Waals surface area contributed by atoms with Crippen LogP contribution < -0.4 is 10.9 Å². The van der Waals surface area contributed by atoms with Crippen LogP contribution in [0, 0.1) is 0 Å². The van der Waals surface area contributed by atoms with Gasteiger partial charge in [0.1, 0.15) is 5.76 Å². The molecule has 0 atom stereocenters. The summed E-state index contributed by atoms with van der Waals surface area (Å²) in [6.45, 7) is 0.272. The van der Waals surface area contributed by atoms with Crippen molar-refractivity contribution in [2.45, 2.75) is 6.54 Å². The lowest BCUT2D eigenvalue weighted by atomic mass is 10.3. The first-order valence-electron chi connectivity index (χ1n) is 6.93. The minimum Gasteiger partial charge on any atom is -0.454 e. The van der Waals surface area contributed by atoms with Crippen molar-refractivity contribution in [1.29, 1.82) is 0 Å². The van der Waals surface area contributed by atoms with Gasteiger partial charge in [0.25, 0.3) is 11.5 Å². The lowest BCUT2D eigenvalue weighted by Gasteiger charge is -2.03. The highest BCUT2D eigenvalue weighted by Gasteiger charge is 2.12. The van der Waals surface area contributed by atoms with Gasteiger partial charge in [-0.15, -0.1) is 0 Å². The van der Waals surface area contributed by atoms with Crippen molar-refractivity contribution in [3.8, 4) is 0 Å². The molecule has 1 aromatic carbocycles. The zero-order valence-electron chi connectivity index (χ0n) is 12.0. The molecular formula is C17H13ClN2O3. The van der Waals surface area contributed by atoms with Gasteiger partial charge >= 0.3 is 0 Å². The molecule has 0 aliphatic rings. The van der Waals surface area contributed by atoms with E-state index < -0.39 is 0 Å². The predicted octanol–water partition coefficient (Wildman–Crippen LogP) is 3.40. The summed E-state index contributed by atoms with van der Waals surface area (Å²) in [7, 11) is 0. The van der Waals surface area contributed by atoms with Crippen LogP contribution >= 0.6 is 11.6 Å². The van der Waals surface area contributed by atoms with E-state index in [9.17, 15) is 9.59 Å². The molecule has 1 N–H and O–H groups in total. The second-order valence-electron chi connectivity index (χ2n) is 4.89. The molecule has 0 aliphatic carbocycles. The molecule has 2 heterocycles. The standard InChI is InChI=1S/C17H13ClN2O3/c18-12-4-6-13(7-5-12)19-17(22)15-9-8-14(23-15)11-20-10-2-1-3-16(20)21/h1-10H,11H2,(H,19,22). The highest BCUT2D eigenvalue weighted by atomic mass is 35.5. The van der Waals surface area contributed by atoms with E-state index in [4.69, 9.17) is 16.0 Å². The SMILES string of the molecule is O=C(Nc1ccc(Cl)cc1)c1ccc(Cn2ccccc2=O)o1. The number of anilines is 1. The zero-order chi connectivity index (χ0) is 16.2. The van der Waals surface area contributed by atoms with Crippen LogP contribution in [-0.4, -0.2) is 10.5 Å². The summed E-state index contributed by atoms with van der Waals surface area (Å²) in [4.78, 5) is 23.8.